The van der Waals surface area contributed by atoms with E-state index in [0.717, 1.165) is 51.2 Å². The predicted octanol–water partition coefficient (Wildman–Crippen LogP) is 1.67. The van der Waals surface area contributed by atoms with Crippen molar-refractivity contribution in [2.24, 2.45) is 11.8 Å². The van der Waals surface area contributed by atoms with Crippen LogP contribution < -0.4 is 0 Å². The Morgan fingerprint density at radius 1 is 1.26 bits per heavy atom. The molecule has 126 valence electrons. The summed E-state index contributed by atoms with van der Waals surface area (Å²) in [6, 6.07) is 3.92. The van der Waals surface area contributed by atoms with Gasteiger partial charge in [0.1, 0.15) is 5.76 Å². The molecule has 0 aliphatic carbocycles. The molecular formula is C17H24N2O4. The van der Waals surface area contributed by atoms with E-state index >= 15 is 0 Å². The summed E-state index contributed by atoms with van der Waals surface area (Å²) in [5.41, 5.74) is 0. The number of rotatable bonds is 3. The molecule has 0 bridgehead atoms. The molecule has 0 spiro atoms. The molecule has 3 saturated heterocycles. The van der Waals surface area contributed by atoms with E-state index in [9.17, 15) is 4.79 Å². The zero-order chi connectivity index (χ0) is 15.6. The van der Waals surface area contributed by atoms with E-state index < -0.39 is 0 Å². The number of nitrogens with zero attached hydrogens (tertiary/aromatic N) is 2. The number of fused-ring (bicyclic) bond motifs is 1. The molecular weight excluding hydrogens is 296 g/mol. The monoisotopic (exact) mass is 320 g/mol. The normalized spacial score (nSPS) is 32.0. The van der Waals surface area contributed by atoms with Crippen molar-refractivity contribution in [3.8, 4) is 0 Å². The summed E-state index contributed by atoms with van der Waals surface area (Å²) in [5.74, 6) is 1.40. The van der Waals surface area contributed by atoms with Gasteiger partial charge in [0.25, 0.3) is 0 Å². The number of carbonyl (C=O) groups excluding carboxylic acids is 1. The molecule has 0 aromatic carbocycles. The van der Waals surface area contributed by atoms with Crippen molar-refractivity contribution in [2.75, 3.05) is 32.8 Å². The summed E-state index contributed by atoms with van der Waals surface area (Å²) in [6.45, 7) is 4.75. The largest absolute Gasteiger partial charge is 0.468 e. The fraction of sp³-hybridized carbons (Fsp3) is 0.706. The number of hydrogen-bond acceptors (Lipinski definition) is 5. The Hall–Kier alpha value is -1.37. The van der Waals surface area contributed by atoms with Crippen LogP contribution in [0.15, 0.2) is 22.8 Å². The second-order valence-electron chi connectivity index (χ2n) is 6.70. The third kappa shape index (κ3) is 3.16. The number of hydroxylamine groups is 2. The highest BCUT2D eigenvalue weighted by atomic mass is 16.7. The molecule has 0 unspecified atom stereocenters. The van der Waals surface area contributed by atoms with E-state index in [0.29, 0.717) is 13.2 Å². The lowest BCUT2D eigenvalue weighted by Gasteiger charge is -2.44. The van der Waals surface area contributed by atoms with E-state index in [2.05, 4.69) is 4.90 Å². The lowest BCUT2D eigenvalue weighted by atomic mass is 9.79. The number of likely N-dealkylation sites (tertiary alicyclic amines) is 1. The second-order valence-corrected chi connectivity index (χ2v) is 6.70. The molecule has 0 saturated carbocycles. The predicted molar refractivity (Wildman–Crippen MR) is 82.2 cm³/mol. The summed E-state index contributed by atoms with van der Waals surface area (Å²) < 4.78 is 11.4. The van der Waals surface area contributed by atoms with Crippen molar-refractivity contribution in [1.82, 2.24) is 9.96 Å². The van der Waals surface area contributed by atoms with Crippen molar-refractivity contribution in [3.63, 3.8) is 0 Å². The zero-order valence-corrected chi connectivity index (χ0v) is 13.4. The molecule has 0 radical (unpaired) electrons. The van der Waals surface area contributed by atoms with Gasteiger partial charge in [0.2, 0.25) is 5.91 Å². The molecule has 3 aliphatic heterocycles. The lowest BCUT2D eigenvalue weighted by molar-refractivity contribution is -0.185. The van der Waals surface area contributed by atoms with E-state index in [1.54, 1.807) is 11.3 Å². The second kappa shape index (κ2) is 6.63. The maximum Gasteiger partial charge on any atom is 0.249 e. The summed E-state index contributed by atoms with van der Waals surface area (Å²) in [6.07, 6.45) is 4.63. The Kier molecular flexibility index (Phi) is 4.37. The van der Waals surface area contributed by atoms with Crippen molar-refractivity contribution in [3.05, 3.63) is 24.2 Å². The maximum atomic E-state index is 12.8. The standard InChI is InChI=1S/C17H24N2O4/c20-17(19-6-2-9-23-19)14-5-10-22-16-4-7-18(12-15(14)16)11-13-3-1-8-21-13/h1,3,8,14-16H,2,4-7,9-12H2/t14-,15-,16-/m1/s1. The first kappa shape index (κ1) is 15.2. The molecule has 4 rings (SSSR count). The summed E-state index contributed by atoms with van der Waals surface area (Å²) in [7, 11) is 0. The van der Waals surface area contributed by atoms with Crippen LogP contribution in [0.5, 0.6) is 0 Å². The maximum absolute atomic E-state index is 12.8. The van der Waals surface area contributed by atoms with Crippen LogP contribution in [0.25, 0.3) is 0 Å². The van der Waals surface area contributed by atoms with Crippen molar-refractivity contribution >= 4 is 5.91 Å². The highest BCUT2D eigenvalue weighted by Gasteiger charge is 2.43. The molecule has 3 atom stereocenters. The average Bonchev–Trinajstić information content (AvgIpc) is 3.27. The molecule has 4 heterocycles. The van der Waals surface area contributed by atoms with Crippen LogP contribution in [0, 0.1) is 11.8 Å². The quantitative estimate of drug-likeness (QED) is 0.848. The number of amides is 1. The summed E-state index contributed by atoms with van der Waals surface area (Å²) in [5, 5.41) is 1.58. The van der Waals surface area contributed by atoms with Gasteiger partial charge in [0.05, 0.1) is 32.1 Å². The Labute approximate surface area is 136 Å². The summed E-state index contributed by atoms with van der Waals surface area (Å²) in [4.78, 5) is 20.6. The Morgan fingerprint density at radius 2 is 2.22 bits per heavy atom. The van der Waals surface area contributed by atoms with Crippen LogP contribution in [-0.4, -0.2) is 54.8 Å². The van der Waals surface area contributed by atoms with Crippen molar-refractivity contribution < 1.29 is 18.8 Å². The van der Waals surface area contributed by atoms with Crippen LogP contribution in [0.3, 0.4) is 0 Å². The van der Waals surface area contributed by atoms with Crippen LogP contribution in [-0.2, 0) is 20.9 Å². The lowest BCUT2D eigenvalue weighted by Crippen LogP contribution is -2.53. The molecule has 23 heavy (non-hydrogen) atoms. The fourth-order valence-corrected chi connectivity index (χ4v) is 4.06. The van der Waals surface area contributed by atoms with Crippen molar-refractivity contribution in [1.29, 1.82) is 0 Å². The minimum absolute atomic E-state index is 0.0197. The highest BCUT2D eigenvalue weighted by molar-refractivity contribution is 5.78. The topological polar surface area (TPSA) is 55.2 Å². The third-order valence-corrected chi connectivity index (χ3v) is 5.23. The first-order valence-electron chi connectivity index (χ1n) is 8.62. The van der Waals surface area contributed by atoms with Crippen LogP contribution in [0.1, 0.15) is 25.0 Å². The first-order valence-corrected chi connectivity index (χ1v) is 8.62. The van der Waals surface area contributed by atoms with Gasteiger partial charge in [0, 0.05) is 31.5 Å². The first-order chi connectivity index (χ1) is 11.3. The van der Waals surface area contributed by atoms with Crippen LogP contribution in [0.4, 0.5) is 0 Å². The van der Waals surface area contributed by atoms with Crippen LogP contribution in [0.2, 0.25) is 0 Å². The fourth-order valence-electron chi connectivity index (χ4n) is 4.06. The molecule has 3 aliphatic rings. The molecule has 1 aromatic heterocycles. The van der Waals surface area contributed by atoms with Gasteiger partial charge in [-0.1, -0.05) is 0 Å². The molecule has 1 amide bonds. The van der Waals surface area contributed by atoms with Gasteiger partial charge in [-0.25, -0.2) is 5.06 Å². The third-order valence-electron chi connectivity index (χ3n) is 5.23. The molecule has 1 aromatic rings. The highest BCUT2D eigenvalue weighted by Crippen LogP contribution is 2.35. The van der Waals surface area contributed by atoms with Crippen LogP contribution >= 0.6 is 0 Å². The molecule has 3 fully saturated rings. The van der Waals surface area contributed by atoms with E-state index in [-0.39, 0.29) is 23.8 Å². The number of hydrogen-bond donors (Lipinski definition) is 0. The minimum Gasteiger partial charge on any atom is -0.468 e. The van der Waals surface area contributed by atoms with Gasteiger partial charge < -0.3 is 9.15 Å². The van der Waals surface area contributed by atoms with Gasteiger partial charge in [-0.2, -0.15) is 0 Å². The molecule has 0 N–H and O–H groups in total. The van der Waals surface area contributed by atoms with E-state index in [1.807, 2.05) is 12.1 Å². The van der Waals surface area contributed by atoms with Gasteiger partial charge in [-0.05, 0) is 31.4 Å². The number of carbonyl (C=O) groups is 1. The Bertz CT molecular complexity index is 527. The molecule has 6 nitrogen and oxygen atoms in total. The number of piperidine rings is 1. The van der Waals surface area contributed by atoms with E-state index in [4.69, 9.17) is 14.0 Å². The number of ether oxygens (including phenoxy) is 1. The minimum atomic E-state index is 0.0197. The van der Waals surface area contributed by atoms with Gasteiger partial charge in [-0.15, -0.1) is 0 Å². The van der Waals surface area contributed by atoms with Gasteiger partial charge >= 0.3 is 0 Å². The summed E-state index contributed by atoms with van der Waals surface area (Å²) >= 11 is 0. The van der Waals surface area contributed by atoms with Crippen molar-refractivity contribution in [2.45, 2.75) is 31.9 Å². The van der Waals surface area contributed by atoms with Gasteiger partial charge in [0.15, 0.2) is 0 Å². The zero-order valence-electron chi connectivity index (χ0n) is 13.4. The Morgan fingerprint density at radius 3 is 3.00 bits per heavy atom. The van der Waals surface area contributed by atoms with Gasteiger partial charge in [-0.3, -0.25) is 14.5 Å². The molecule has 6 heteroatoms. The van der Waals surface area contributed by atoms with E-state index in [1.165, 1.54) is 0 Å². The average molecular weight is 320 g/mol. The Balaban J connectivity index is 1.44. The number of furan rings is 1. The smallest absolute Gasteiger partial charge is 0.249 e. The SMILES string of the molecule is O=C([C@@H]1CCO[C@@H]2CCN(Cc3ccco3)C[C@@H]21)N1CCCO1.